The molecule has 0 aromatic carbocycles. The minimum Gasteiger partial charge on any atom is -0.312 e. The number of aromatic nitrogens is 3. The Morgan fingerprint density at radius 1 is 1.29 bits per heavy atom. The molecule has 0 radical (unpaired) electrons. The summed E-state index contributed by atoms with van der Waals surface area (Å²) < 4.78 is 0. The lowest BCUT2D eigenvalue weighted by atomic mass is 10.1. The van der Waals surface area contributed by atoms with Crippen LogP contribution in [0.15, 0.2) is 10.9 Å². The molecule has 92 valence electrons. The van der Waals surface area contributed by atoms with Crippen LogP contribution in [0.5, 0.6) is 0 Å². The summed E-state index contributed by atoms with van der Waals surface area (Å²) in [4.78, 5) is 4.23. The summed E-state index contributed by atoms with van der Waals surface area (Å²) in [5, 5.41) is 15.8. The van der Waals surface area contributed by atoms with E-state index in [1.165, 1.54) is 0 Å². The molecule has 0 bridgehead atoms. The van der Waals surface area contributed by atoms with Gasteiger partial charge in [0.15, 0.2) is 5.01 Å². The van der Waals surface area contributed by atoms with Crippen LogP contribution >= 0.6 is 22.7 Å². The SMILES string of the molecule is CC(C)(C)NCCc1nnc(-c2cscn2)s1. The topological polar surface area (TPSA) is 50.7 Å². The molecule has 2 heterocycles. The lowest BCUT2D eigenvalue weighted by molar-refractivity contribution is 0.429. The second-order valence-electron chi connectivity index (χ2n) is 4.80. The Hall–Kier alpha value is -0.850. The summed E-state index contributed by atoms with van der Waals surface area (Å²) >= 11 is 3.20. The number of hydrogen-bond donors (Lipinski definition) is 1. The van der Waals surface area contributed by atoms with E-state index in [4.69, 9.17) is 0 Å². The van der Waals surface area contributed by atoms with E-state index >= 15 is 0 Å². The highest BCUT2D eigenvalue weighted by Crippen LogP contribution is 2.23. The highest BCUT2D eigenvalue weighted by Gasteiger charge is 2.11. The van der Waals surface area contributed by atoms with Crippen LogP contribution < -0.4 is 5.32 Å². The van der Waals surface area contributed by atoms with Crippen molar-refractivity contribution in [1.29, 1.82) is 0 Å². The first-order valence-electron chi connectivity index (χ1n) is 5.50. The second kappa shape index (κ2) is 5.20. The van der Waals surface area contributed by atoms with Crippen LogP contribution in [0, 0.1) is 0 Å². The standard InChI is InChI=1S/C11H16N4S2/c1-11(2,3)13-5-4-9-14-15-10(17-9)8-6-16-7-12-8/h6-7,13H,4-5H2,1-3H3. The Balaban J connectivity index is 1.91. The van der Waals surface area contributed by atoms with Gasteiger partial charge >= 0.3 is 0 Å². The predicted octanol–water partition coefficient (Wildman–Crippen LogP) is 2.59. The molecule has 0 spiro atoms. The fourth-order valence-corrected chi connectivity index (χ4v) is 2.74. The Bertz CT molecular complexity index is 456. The van der Waals surface area contributed by atoms with Gasteiger partial charge in [-0.2, -0.15) is 0 Å². The summed E-state index contributed by atoms with van der Waals surface area (Å²) in [5.41, 5.74) is 2.91. The van der Waals surface area contributed by atoms with Gasteiger partial charge in [-0.05, 0) is 20.8 Å². The Morgan fingerprint density at radius 3 is 2.76 bits per heavy atom. The van der Waals surface area contributed by atoms with Crippen LogP contribution in [-0.4, -0.2) is 27.3 Å². The van der Waals surface area contributed by atoms with E-state index in [-0.39, 0.29) is 5.54 Å². The van der Waals surface area contributed by atoms with Crippen molar-refractivity contribution in [2.45, 2.75) is 32.7 Å². The van der Waals surface area contributed by atoms with E-state index in [1.54, 1.807) is 22.7 Å². The van der Waals surface area contributed by atoms with E-state index in [9.17, 15) is 0 Å². The minimum atomic E-state index is 0.155. The predicted molar refractivity (Wildman–Crippen MR) is 72.5 cm³/mol. The van der Waals surface area contributed by atoms with E-state index < -0.39 is 0 Å². The molecule has 2 aromatic heterocycles. The zero-order valence-corrected chi connectivity index (χ0v) is 11.9. The van der Waals surface area contributed by atoms with Crippen molar-refractivity contribution < 1.29 is 0 Å². The molecule has 4 nitrogen and oxygen atoms in total. The van der Waals surface area contributed by atoms with Gasteiger partial charge in [-0.3, -0.25) is 0 Å². The average molecular weight is 268 g/mol. The molecule has 0 fully saturated rings. The summed E-state index contributed by atoms with van der Waals surface area (Å²) in [6.07, 6.45) is 0.916. The zero-order chi connectivity index (χ0) is 12.3. The van der Waals surface area contributed by atoms with Gasteiger partial charge in [0, 0.05) is 23.9 Å². The van der Waals surface area contributed by atoms with E-state index in [0.717, 1.165) is 28.7 Å². The number of rotatable bonds is 4. The lowest BCUT2D eigenvalue weighted by Crippen LogP contribution is -2.37. The van der Waals surface area contributed by atoms with Gasteiger partial charge in [0.2, 0.25) is 0 Å². The van der Waals surface area contributed by atoms with Gasteiger partial charge in [-0.1, -0.05) is 11.3 Å². The van der Waals surface area contributed by atoms with Crippen LogP contribution in [-0.2, 0) is 6.42 Å². The van der Waals surface area contributed by atoms with Gasteiger partial charge in [0.25, 0.3) is 0 Å². The van der Waals surface area contributed by atoms with Crippen LogP contribution in [0.25, 0.3) is 10.7 Å². The maximum atomic E-state index is 4.23. The van der Waals surface area contributed by atoms with Crippen LogP contribution in [0.4, 0.5) is 0 Å². The van der Waals surface area contributed by atoms with E-state index in [2.05, 4.69) is 41.3 Å². The highest BCUT2D eigenvalue weighted by atomic mass is 32.1. The monoisotopic (exact) mass is 268 g/mol. The largest absolute Gasteiger partial charge is 0.312 e. The van der Waals surface area contributed by atoms with Crippen molar-refractivity contribution in [2.75, 3.05) is 6.54 Å². The second-order valence-corrected chi connectivity index (χ2v) is 6.58. The van der Waals surface area contributed by atoms with Gasteiger partial charge in [0.1, 0.15) is 10.7 Å². The molecule has 0 unspecified atom stereocenters. The quantitative estimate of drug-likeness (QED) is 0.926. The van der Waals surface area contributed by atoms with Gasteiger partial charge < -0.3 is 5.32 Å². The Morgan fingerprint density at radius 2 is 2.12 bits per heavy atom. The molecule has 0 saturated heterocycles. The third-order valence-corrected chi connectivity index (χ3v) is 3.70. The maximum absolute atomic E-state index is 4.23. The number of hydrogen-bond acceptors (Lipinski definition) is 6. The zero-order valence-electron chi connectivity index (χ0n) is 10.2. The van der Waals surface area contributed by atoms with Crippen molar-refractivity contribution >= 4 is 22.7 Å². The van der Waals surface area contributed by atoms with E-state index in [1.807, 2.05) is 10.9 Å². The molecule has 0 amide bonds. The Labute approximate surface area is 109 Å². The Kier molecular flexibility index (Phi) is 3.86. The molecule has 1 N–H and O–H groups in total. The first-order chi connectivity index (χ1) is 8.04. The molecule has 0 aliphatic rings. The molecule has 0 atom stereocenters. The molecule has 2 aromatic rings. The van der Waals surface area contributed by atoms with Gasteiger partial charge in [-0.15, -0.1) is 21.5 Å². The smallest absolute Gasteiger partial charge is 0.167 e. The summed E-state index contributed by atoms with van der Waals surface area (Å²) in [6, 6.07) is 0. The van der Waals surface area contributed by atoms with Crippen molar-refractivity contribution in [1.82, 2.24) is 20.5 Å². The fraction of sp³-hybridized carbons (Fsp3) is 0.545. The normalized spacial score (nSPS) is 11.9. The third kappa shape index (κ3) is 3.83. The first-order valence-corrected chi connectivity index (χ1v) is 7.26. The fourth-order valence-electron chi connectivity index (χ4n) is 1.32. The molecular weight excluding hydrogens is 252 g/mol. The van der Waals surface area contributed by atoms with Crippen LogP contribution in [0.2, 0.25) is 0 Å². The van der Waals surface area contributed by atoms with Crippen molar-refractivity contribution in [3.63, 3.8) is 0 Å². The minimum absolute atomic E-state index is 0.155. The average Bonchev–Trinajstić information content (AvgIpc) is 2.83. The summed E-state index contributed by atoms with van der Waals surface area (Å²) in [5.74, 6) is 0. The van der Waals surface area contributed by atoms with E-state index in [0.29, 0.717) is 0 Å². The first kappa shape index (κ1) is 12.6. The van der Waals surface area contributed by atoms with Crippen molar-refractivity contribution in [3.8, 4) is 10.7 Å². The third-order valence-electron chi connectivity index (χ3n) is 2.11. The molecule has 0 aliphatic carbocycles. The summed E-state index contributed by atoms with van der Waals surface area (Å²) in [7, 11) is 0. The molecule has 0 saturated carbocycles. The molecule has 17 heavy (non-hydrogen) atoms. The maximum Gasteiger partial charge on any atom is 0.167 e. The number of nitrogens with one attached hydrogen (secondary N) is 1. The lowest BCUT2D eigenvalue weighted by Gasteiger charge is -2.19. The van der Waals surface area contributed by atoms with Crippen LogP contribution in [0.3, 0.4) is 0 Å². The van der Waals surface area contributed by atoms with Gasteiger partial charge in [-0.25, -0.2) is 4.98 Å². The molecule has 2 rings (SSSR count). The number of thiazole rings is 1. The van der Waals surface area contributed by atoms with Crippen LogP contribution in [0.1, 0.15) is 25.8 Å². The van der Waals surface area contributed by atoms with Crippen molar-refractivity contribution in [3.05, 3.63) is 15.9 Å². The van der Waals surface area contributed by atoms with Crippen molar-refractivity contribution in [2.24, 2.45) is 0 Å². The molecule has 6 heteroatoms. The summed E-state index contributed by atoms with van der Waals surface area (Å²) in [6.45, 7) is 7.41. The van der Waals surface area contributed by atoms with Gasteiger partial charge in [0.05, 0.1) is 5.51 Å². The number of nitrogens with zero attached hydrogens (tertiary/aromatic N) is 3. The molecular formula is C11H16N4S2. The molecule has 0 aliphatic heterocycles. The highest BCUT2D eigenvalue weighted by molar-refractivity contribution is 7.15.